The molecule has 0 heterocycles. The maximum Gasteiger partial charge on any atom is 0.144 e. The van der Waals surface area contributed by atoms with Crippen LogP contribution in [0.1, 0.15) is 23.6 Å². The molecule has 0 aliphatic carbocycles. The highest BCUT2D eigenvalue weighted by Crippen LogP contribution is 2.40. The van der Waals surface area contributed by atoms with Crippen LogP contribution in [-0.2, 0) is 5.60 Å². The van der Waals surface area contributed by atoms with Crippen molar-refractivity contribution in [2.45, 2.75) is 12.5 Å². The predicted molar refractivity (Wildman–Crippen MR) is 92.6 cm³/mol. The van der Waals surface area contributed by atoms with Crippen LogP contribution < -0.4 is 4.74 Å². The molecule has 1 N–H and O–H groups in total. The van der Waals surface area contributed by atoms with Gasteiger partial charge in [0.1, 0.15) is 11.4 Å². The van der Waals surface area contributed by atoms with E-state index in [1.807, 2.05) is 91.9 Å². The van der Waals surface area contributed by atoms with E-state index in [4.69, 9.17) is 4.74 Å². The van der Waals surface area contributed by atoms with Crippen molar-refractivity contribution < 1.29 is 9.84 Å². The first kappa shape index (κ1) is 15.3. The minimum absolute atomic E-state index is 0.552. The van der Waals surface area contributed by atoms with Gasteiger partial charge in [-0.05, 0) is 24.1 Å². The second-order valence-electron chi connectivity index (χ2n) is 5.37. The van der Waals surface area contributed by atoms with E-state index in [0.29, 0.717) is 12.4 Å². The molecule has 0 saturated heterocycles. The lowest BCUT2D eigenvalue weighted by atomic mass is 9.80. The molecule has 0 aromatic heterocycles. The minimum Gasteiger partial charge on any atom is -0.493 e. The lowest BCUT2D eigenvalue weighted by molar-refractivity contribution is 0.121. The van der Waals surface area contributed by atoms with Crippen LogP contribution in [0.4, 0.5) is 0 Å². The number of rotatable bonds is 5. The van der Waals surface area contributed by atoms with Crippen LogP contribution in [0, 0.1) is 0 Å². The standard InChI is InChI=1S/C21H20O2/c1-2-23-20-16-10-9-15-19(20)21(22,17-11-5-3-6-12-17)18-13-7-4-8-14-18/h3-16,22H,2H2,1H3. The summed E-state index contributed by atoms with van der Waals surface area (Å²) in [5.74, 6) is 0.699. The second-order valence-corrected chi connectivity index (χ2v) is 5.37. The highest BCUT2D eigenvalue weighted by molar-refractivity contribution is 5.52. The quantitative estimate of drug-likeness (QED) is 0.709. The molecule has 0 atom stereocenters. The summed E-state index contributed by atoms with van der Waals surface area (Å²) >= 11 is 0. The number of para-hydroxylation sites is 1. The van der Waals surface area contributed by atoms with E-state index in [1.165, 1.54) is 0 Å². The third-order valence-electron chi connectivity index (χ3n) is 3.96. The zero-order valence-corrected chi connectivity index (χ0v) is 13.1. The molecule has 3 aromatic carbocycles. The summed E-state index contributed by atoms with van der Waals surface area (Å²) in [5.41, 5.74) is 1.13. The molecule has 2 heteroatoms. The highest BCUT2D eigenvalue weighted by Gasteiger charge is 2.36. The predicted octanol–water partition coefficient (Wildman–Crippen LogP) is 4.37. The van der Waals surface area contributed by atoms with Gasteiger partial charge in [0.05, 0.1) is 6.61 Å². The molecule has 0 radical (unpaired) electrons. The third-order valence-corrected chi connectivity index (χ3v) is 3.96. The average Bonchev–Trinajstić information content (AvgIpc) is 2.63. The molecule has 0 aliphatic heterocycles. The van der Waals surface area contributed by atoms with Crippen LogP contribution in [0.25, 0.3) is 0 Å². The van der Waals surface area contributed by atoms with Gasteiger partial charge in [0, 0.05) is 5.56 Å². The number of ether oxygens (including phenoxy) is 1. The topological polar surface area (TPSA) is 29.5 Å². The van der Waals surface area contributed by atoms with Gasteiger partial charge in [-0.3, -0.25) is 0 Å². The Bertz CT molecular complexity index is 712. The van der Waals surface area contributed by atoms with Crippen molar-refractivity contribution >= 4 is 0 Å². The summed E-state index contributed by atoms with van der Waals surface area (Å²) in [4.78, 5) is 0. The van der Waals surface area contributed by atoms with E-state index in [-0.39, 0.29) is 0 Å². The van der Waals surface area contributed by atoms with Gasteiger partial charge in [-0.25, -0.2) is 0 Å². The van der Waals surface area contributed by atoms with Crippen LogP contribution in [0.2, 0.25) is 0 Å². The largest absolute Gasteiger partial charge is 0.493 e. The lowest BCUT2D eigenvalue weighted by Crippen LogP contribution is -2.29. The Balaban J connectivity index is 2.26. The van der Waals surface area contributed by atoms with E-state index in [9.17, 15) is 5.11 Å². The summed E-state index contributed by atoms with van der Waals surface area (Å²) < 4.78 is 5.77. The van der Waals surface area contributed by atoms with E-state index in [0.717, 1.165) is 16.7 Å². The van der Waals surface area contributed by atoms with Crippen molar-refractivity contribution in [3.63, 3.8) is 0 Å². The minimum atomic E-state index is -1.26. The van der Waals surface area contributed by atoms with Gasteiger partial charge in [0.2, 0.25) is 0 Å². The summed E-state index contributed by atoms with van der Waals surface area (Å²) in [7, 11) is 0. The summed E-state index contributed by atoms with van der Waals surface area (Å²) in [6.45, 7) is 2.50. The Morgan fingerprint density at radius 3 is 1.74 bits per heavy atom. The number of hydrogen-bond acceptors (Lipinski definition) is 2. The number of aliphatic hydroxyl groups is 1. The first-order chi connectivity index (χ1) is 11.3. The van der Waals surface area contributed by atoms with Gasteiger partial charge in [0.25, 0.3) is 0 Å². The molecule has 0 bridgehead atoms. The Hall–Kier alpha value is -2.58. The maximum atomic E-state index is 11.8. The zero-order valence-electron chi connectivity index (χ0n) is 13.1. The zero-order chi connectivity index (χ0) is 16.1. The Kier molecular flexibility index (Phi) is 4.45. The second kappa shape index (κ2) is 6.67. The smallest absolute Gasteiger partial charge is 0.144 e. The van der Waals surface area contributed by atoms with Crippen molar-refractivity contribution in [1.29, 1.82) is 0 Å². The van der Waals surface area contributed by atoms with Gasteiger partial charge >= 0.3 is 0 Å². The summed E-state index contributed by atoms with van der Waals surface area (Å²) in [6.07, 6.45) is 0. The fraction of sp³-hybridized carbons (Fsp3) is 0.143. The van der Waals surface area contributed by atoms with E-state index in [2.05, 4.69) is 0 Å². The molecule has 0 unspecified atom stereocenters. The third kappa shape index (κ3) is 2.86. The van der Waals surface area contributed by atoms with Crippen molar-refractivity contribution in [2.24, 2.45) is 0 Å². The molecule has 0 spiro atoms. The van der Waals surface area contributed by atoms with Crippen LogP contribution >= 0.6 is 0 Å². The average molecular weight is 304 g/mol. The Labute approximate surface area is 137 Å². The summed E-state index contributed by atoms with van der Waals surface area (Å²) in [5, 5.41) is 11.8. The highest BCUT2D eigenvalue weighted by atomic mass is 16.5. The van der Waals surface area contributed by atoms with Crippen LogP contribution in [-0.4, -0.2) is 11.7 Å². The molecule has 0 amide bonds. The summed E-state index contributed by atoms with van der Waals surface area (Å²) in [6, 6.07) is 27.1. The molecule has 23 heavy (non-hydrogen) atoms. The Morgan fingerprint density at radius 1 is 0.739 bits per heavy atom. The first-order valence-corrected chi connectivity index (χ1v) is 7.82. The molecule has 3 aromatic rings. The van der Waals surface area contributed by atoms with E-state index < -0.39 is 5.60 Å². The molecule has 2 nitrogen and oxygen atoms in total. The van der Waals surface area contributed by atoms with Crippen LogP contribution in [0.5, 0.6) is 5.75 Å². The van der Waals surface area contributed by atoms with Crippen molar-refractivity contribution in [2.75, 3.05) is 6.61 Å². The van der Waals surface area contributed by atoms with Crippen molar-refractivity contribution in [3.8, 4) is 5.75 Å². The molecule has 0 aliphatic rings. The number of hydrogen-bond donors (Lipinski definition) is 1. The lowest BCUT2D eigenvalue weighted by Gasteiger charge is -2.31. The molecular weight excluding hydrogens is 284 g/mol. The molecular formula is C21H20O2. The molecule has 0 fully saturated rings. The van der Waals surface area contributed by atoms with Crippen LogP contribution in [0.3, 0.4) is 0 Å². The molecule has 0 saturated carbocycles. The fourth-order valence-corrected chi connectivity index (χ4v) is 2.88. The van der Waals surface area contributed by atoms with Gasteiger partial charge in [-0.2, -0.15) is 0 Å². The van der Waals surface area contributed by atoms with E-state index in [1.54, 1.807) is 0 Å². The Morgan fingerprint density at radius 2 is 1.22 bits per heavy atom. The SMILES string of the molecule is CCOc1ccccc1C(O)(c1ccccc1)c1ccccc1. The van der Waals surface area contributed by atoms with E-state index >= 15 is 0 Å². The van der Waals surface area contributed by atoms with Gasteiger partial charge in [-0.15, -0.1) is 0 Å². The monoisotopic (exact) mass is 304 g/mol. The van der Waals surface area contributed by atoms with Crippen LogP contribution in [0.15, 0.2) is 84.9 Å². The maximum absolute atomic E-state index is 11.8. The van der Waals surface area contributed by atoms with Gasteiger partial charge in [0.15, 0.2) is 0 Å². The molecule has 116 valence electrons. The molecule has 3 rings (SSSR count). The normalized spacial score (nSPS) is 11.2. The fourth-order valence-electron chi connectivity index (χ4n) is 2.88. The first-order valence-electron chi connectivity index (χ1n) is 7.82. The van der Waals surface area contributed by atoms with Gasteiger partial charge in [-0.1, -0.05) is 78.9 Å². The van der Waals surface area contributed by atoms with Crippen molar-refractivity contribution in [3.05, 3.63) is 102 Å². The van der Waals surface area contributed by atoms with Crippen molar-refractivity contribution in [1.82, 2.24) is 0 Å². The number of benzene rings is 3. The van der Waals surface area contributed by atoms with Gasteiger partial charge < -0.3 is 9.84 Å².